The molecule has 1 heterocycles. The summed E-state index contributed by atoms with van der Waals surface area (Å²) in [6.07, 6.45) is 0. The summed E-state index contributed by atoms with van der Waals surface area (Å²) in [6.45, 7) is 0. The van der Waals surface area contributed by atoms with Crippen molar-refractivity contribution in [1.29, 1.82) is 0 Å². The van der Waals surface area contributed by atoms with E-state index < -0.39 is 10.8 Å². The first kappa shape index (κ1) is 17.1. The van der Waals surface area contributed by atoms with Crippen molar-refractivity contribution >= 4 is 44.7 Å². The van der Waals surface area contributed by atoms with Crippen molar-refractivity contribution in [2.45, 2.75) is 9.24 Å². The summed E-state index contributed by atoms with van der Waals surface area (Å²) in [5.74, 6) is 0.988. The predicted molar refractivity (Wildman–Crippen MR) is 98.0 cm³/mol. The number of anilines is 2. The average Bonchev–Trinajstić information content (AvgIpc) is 3.05. The van der Waals surface area contributed by atoms with E-state index in [0.29, 0.717) is 16.6 Å². The second-order valence-electron chi connectivity index (χ2n) is 4.72. The maximum atomic E-state index is 12.9. The van der Waals surface area contributed by atoms with Gasteiger partial charge in [-0.1, -0.05) is 41.3 Å². The quantitative estimate of drug-likeness (QED) is 0.620. The zero-order chi connectivity index (χ0) is 16.8. The SMILES string of the molecule is O=S(CCSc1nnc(Nc2ccc(F)cc2)s1)c1ccccc1. The van der Waals surface area contributed by atoms with Gasteiger partial charge in [0.25, 0.3) is 0 Å². The first-order valence-corrected chi connectivity index (χ1v) is 10.2. The summed E-state index contributed by atoms with van der Waals surface area (Å²) < 4.78 is 25.8. The van der Waals surface area contributed by atoms with E-state index in [1.54, 1.807) is 12.1 Å². The fourth-order valence-corrected chi connectivity index (χ4v) is 5.00. The highest BCUT2D eigenvalue weighted by Crippen LogP contribution is 2.27. The van der Waals surface area contributed by atoms with E-state index in [1.165, 1.54) is 35.2 Å². The Bertz CT molecular complexity index is 809. The number of halogens is 1. The molecule has 124 valence electrons. The topological polar surface area (TPSA) is 54.9 Å². The second kappa shape index (κ2) is 8.36. The molecule has 0 radical (unpaired) electrons. The molecule has 2 aromatic carbocycles. The fourth-order valence-electron chi connectivity index (χ4n) is 1.87. The third-order valence-corrected chi connectivity index (χ3v) is 6.61. The van der Waals surface area contributed by atoms with Crippen molar-refractivity contribution in [2.24, 2.45) is 0 Å². The van der Waals surface area contributed by atoms with Gasteiger partial charge in [0, 0.05) is 22.1 Å². The van der Waals surface area contributed by atoms with Gasteiger partial charge in [0.05, 0.1) is 10.8 Å². The molecule has 0 bridgehead atoms. The molecule has 0 aliphatic carbocycles. The lowest BCUT2D eigenvalue weighted by molar-refractivity contribution is 0.628. The lowest BCUT2D eigenvalue weighted by Crippen LogP contribution is -2.00. The summed E-state index contributed by atoms with van der Waals surface area (Å²) in [5.41, 5.74) is 0.759. The predicted octanol–water partition coefficient (Wildman–Crippen LogP) is 4.32. The molecule has 0 amide bonds. The molecule has 1 atom stereocenters. The normalized spacial score (nSPS) is 12.0. The van der Waals surface area contributed by atoms with E-state index in [9.17, 15) is 8.60 Å². The van der Waals surface area contributed by atoms with Crippen LogP contribution in [0.15, 0.2) is 63.8 Å². The summed E-state index contributed by atoms with van der Waals surface area (Å²) >= 11 is 2.95. The molecule has 0 spiro atoms. The Kier molecular flexibility index (Phi) is 5.95. The largest absolute Gasteiger partial charge is 0.330 e. The van der Waals surface area contributed by atoms with Crippen molar-refractivity contribution in [3.8, 4) is 0 Å². The minimum atomic E-state index is -1.000. The van der Waals surface area contributed by atoms with Crippen LogP contribution in [0.3, 0.4) is 0 Å². The molecular weight excluding hydrogens is 365 g/mol. The van der Waals surface area contributed by atoms with Gasteiger partial charge in [-0.05, 0) is 36.4 Å². The van der Waals surface area contributed by atoms with Crippen LogP contribution < -0.4 is 5.32 Å². The van der Waals surface area contributed by atoms with Gasteiger partial charge in [0.15, 0.2) is 4.34 Å². The summed E-state index contributed by atoms with van der Waals surface area (Å²) in [7, 11) is -1.000. The van der Waals surface area contributed by atoms with Crippen molar-refractivity contribution in [3.63, 3.8) is 0 Å². The van der Waals surface area contributed by atoms with Gasteiger partial charge in [0.2, 0.25) is 5.13 Å². The highest BCUT2D eigenvalue weighted by molar-refractivity contribution is 8.01. The van der Waals surface area contributed by atoms with Crippen molar-refractivity contribution in [3.05, 3.63) is 60.4 Å². The summed E-state index contributed by atoms with van der Waals surface area (Å²) in [5, 5.41) is 11.9. The molecule has 8 heteroatoms. The van der Waals surface area contributed by atoms with Gasteiger partial charge in [-0.2, -0.15) is 0 Å². The third-order valence-electron chi connectivity index (χ3n) is 3.00. The number of benzene rings is 2. The second-order valence-corrected chi connectivity index (χ2v) is 8.61. The first-order chi connectivity index (χ1) is 11.7. The standard InChI is InChI=1S/C16H14FN3OS3/c17-12-6-8-13(9-7-12)18-15-19-20-16(23-15)22-10-11-24(21)14-4-2-1-3-5-14/h1-9H,10-11H2,(H,18,19). The molecule has 0 saturated heterocycles. The zero-order valence-electron chi connectivity index (χ0n) is 12.5. The molecule has 1 aromatic heterocycles. The number of hydrogen-bond acceptors (Lipinski definition) is 6. The molecule has 3 aromatic rings. The molecule has 1 N–H and O–H groups in total. The highest BCUT2D eigenvalue weighted by Gasteiger charge is 2.08. The Morgan fingerprint density at radius 1 is 1.08 bits per heavy atom. The highest BCUT2D eigenvalue weighted by atomic mass is 32.2. The van der Waals surface area contributed by atoms with Gasteiger partial charge < -0.3 is 5.32 Å². The number of hydrogen-bond donors (Lipinski definition) is 1. The molecule has 4 nitrogen and oxygen atoms in total. The summed E-state index contributed by atoms with van der Waals surface area (Å²) in [4.78, 5) is 0.842. The Morgan fingerprint density at radius 3 is 2.58 bits per heavy atom. The molecule has 0 saturated carbocycles. The van der Waals surface area contributed by atoms with Crippen LogP contribution in [-0.2, 0) is 10.8 Å². The first-order valence-electron chi connectivity index (χ1n) is 7.13. The number of aromatic nitrogens is 2. The van der Waals surface area contributed by atoms with Crippen molar-refractivity contribution < 1.29 is 8.60 Å². The van der Waals surface area contributed by atoms with Gasteiger partial charge in [0.1, 0.15) is 5.82 Å². The van der Waals surface area contributed by atoms with E-state index in [4.69, 9.17) is 0 Å². The van der Waals surface area contributed by atoms with Gasteiger partial charge in [-0.15, -0.1) is 10.2 Å². The number of rotatable bonds is 7. The zero-order valence-corrected chi connectivity index (χ0v) is 15.0. The average molecular weight is 380 g/mol. The molecule has 0 aliphatic heterocycles. The Labute approximate surface area is 150 Å². The van der Waals surface area contributed by atoms with Crippen molar-refractivity contribution in [1.82, 2.24) is 10.2 Å². The monoisotopic (exact) mass is 379 g/mol. The van der Waals surface area contributed by atoms with Crippen LogP contribution in [0.25, 0.3) is 0 Å². The maximum Gasteiger partial charge on any atom is 0.210 e. The van der Waals surface area contributed by atoms with Gasteiger partial charge in [-0.3, -0.25) is 4.21 Å². The van der Waals surface area contributed by atoms with E-state index in [2.05, 4.69) is 15.5 Å². The lowest BCUT2D eigenvalue weighted by Gasteiger charge is -2.01. The minimum Gasteiger partial charge on any atom is -0.330 e. The minimum absolute atomic E-state index is 0.277. The van der Waals surface area contributed by atoms with E-state index in [-0.39, 0.29) is 5.82 Å². The molecule has 1 unspecified atom stereocenters. The van der Waals surface area contributed by atoms with Crippen LogP contribution in [-0.4, -0.2) is 25.9 Å². The molecule has 24 heavy (non-hydrogen) atoms. The van der Waals surface area contributed by atoms with Crippen LogP contribution in [0.2, 0.25) is 0 Å². The van der Waals surface area contributed by atoms with E-state index in [0.717, 1.165) is 14.9 Å². The number of nitrogens with one attached hydrogen (secondary N) is 1. The Morgan fingerprint density at radius 2 is 1.83 bits per heavy atom. The Balaban J connectivity index is 1.49. The van der Waals surface area contributed by atoms with Crippen LogP contribution >= 0.6 is 23.1 Å². The smallest absolute Gasteiger partial charge is 0.210 e. The van der Waals surface area contributed by atoms with E-state index in [1.807, 2.05) is 30.3 Å². The van der Waals surface area contributed by atoms with Crippen LogP contribution in [0, 0.1) is 5.82 Å². The van der Waals surface area contributed by atoms with Crippen molar-refractivity contribution in [2.75, 3.05) is 16.8 Å². The van der Waals surface area contributed by atoms with Crippen LogP contribution in [0.5, 0.6) is 0 Å². The summed E-state index contributed by atoms with van der Waals surface area (Å²) in [6, 6.07) is 15.5. The fraction of sp³-hybridized carbons (Fsp3) is 0.125. The van der Waals surface area contributed by atoms with E-state index >= 15 is 0 Å². The van der Waals surface area contributed by atoms with Gasteiger partial charge >= 0.3 is 0 Å². The molecule has 0 aliphatic rings. The molecule has 3 rings (SSSR count). The van der Waals surface area contributed by atoms with Crippen LogP contribution in [0.4, 0.5) is 15.2 Å². The third kappa shape index (κ3) is 4.86. The number of nitrogens with zero attached hydrogens (tertiary/aromatic N) is 2. The maximum absolute atomic E-state index is 12.9. The molecule has 0 fully saturated rings. The number of thioether (sulfide) groups is 1. The lowest BCUT2D eigenvalue weighted by atomic mass is 10.3. The van der Waals surface area contributed by atoms with Crippen LogP contribution in [0.1, 0.15) is 0 Å². The molecular formula is C16H14FN3OS3. The Hall–Kier alpha value is -1.77. The van der Waals surface area contributed by atoms with Gasteiger partial charge in [-0.25, -0.2) is 4.39 Å².